The number of methoxy groups -OCH3 is 3. The van der Waals surface area contributed by atoms with E-state index in [1.807, 2.05) is 0 Å². The van der Waals surface area contributed by atoms with Crippen LogP contribution < -0.4 is 24.4 Å². The zero-order valence-corrected chi connectivity index (χ0v) is 18.2. The largest absolute Gasteiger partial charge is 0.497 e. The van der Waals surface area contributed by atoms with Gasteiger partial charge in [0, 0.05) is 17.8 Å². The summed E-state index contributed by atoms with van der Waals surface area (Å²) in [5.74, 6) is -0.281. The number of imide groups is 1. The minimum atomic E-state index is -0.589. The van der Waals surface area contributed by atoms with Crippen LogP contribution in [0.5, 0.6) is 17.2 Å². The van der Waals surface area contributed by atoms with Crippen LogP contribution in [0.15, 0.2) is 72.4 Å². The van der Waals surface area contributed by atoms with Crippen molar-refractivity contribution < 1.29 is 28.2 Å². The summed E-state index contributed by atoms with van der Waals surface area (Å²) in [6.07, 6.45) is 0. The van der Waals surface area contributed by atoms with E-state index in [1.165, 1.54) is 45.6 Å². The Labute approximate surface area is 190 Å². The van der Waals surface area contributed by atoms with Crippen molar-refractivity contribution in [3.05, 3.63) is 83.8 Å². The van der Waals surface area contributed by atoms with Crippen LogP contribution in [0.1, 0.15) is 5.56 Å². The predicted molar refractivity (Wildman–Crippen MR) is 122 cm³/mol. The van der Waals surface area contributed by atoms with E-state index in [0.29, 0.717) is 28.5 Å². The molecule has 0 fully saturated rings. The average molecular weight is 448 g/mol. The number of hydrogen-bond acceptors (Lipinski definition) is 6. The second-order valence-electron chi connectivity index (χ2n) is 7.10. The van der Waals surface area contributed by atoms with Crippen LogP contribution in [-0.4, -0.2) is 33.1 Å². The maximum atomic E-state index is 13.6. The minimum Gasteiger partial charge on any atom is -0.497 e. The molecule has 3 aromatic rings. The van der Waals surface area contributed by atoms with Gasteiger partial charge in [-0.1, -0.05) is 18.2 Å². The molecule has 1 aliphatic heterocycles. The topological polar surface area (TPSA) is 77.1 Å². The second-order valence-corrected chi connectivity index (χ2v) is 7.10. The molecule has 8 heteroatoms. The number of carbonyl (C=O) groups is 2. The number of halogens is 1. The van der Waals surface area contributed by atoms with Crippen molar-refractivity contribution in [2.75, 3.05) is 31.5 Å². The number of nitrogens with one attached hydrogen (secondary N) is 1. The third kappa shape index (κ3) is 4.10. The van der Waals surface area contributed by atoms with Gasteiger partial charge in [0.05, 0.1) is 32.6 Å². The van der Waals surface area contributed by atoms with Gasteiger partial charge in [-0.3, -0.25) is 9.59 Å². The molecule has 0 unspecified atom stereocenters. The molecule has 0 atom stereocenters. The highest BCUT2D eigenvalue weighted by Gasteiger charge is 2.41. The normalized spacial score (nSPS) is 13.4. The first-order chi connectivity index (χ1) is 16.0. The quantitative estimate of drug-likeness (QED) is 0.545. The van der Waals surface area contributed by atoms with E-state index in [-0.39, 0.29) is 17.0 Å². The molecule has 2 amide bonds. The van der Waals surface area contributed by atoms with Gasteiger partial charge in [0.15, 0.2) is 0 Å². The summed E-state index contributed by atoms with van der Waals surface area (Å²) in [7, 11) is 4.46. The number of hydrogen-bond donors (Lipinski definition) is 1. The van der Waals surface area contributed by atoms with Gasteiger partial charge in [0.1, 0.15) is 28.8 Å². The summed E-state index contributed by atoms with van der Waals surface area (Å²) in [5.41, 5.74) is 1.32. The fourth-order valence-electron chi connectivity index (χ4n) is 3.57. The Bertz CT molecular complexity index is 1250. The highest BCUT2D eigenvalue weighted by Crippen LogP contribution is 2.39. The molecular weight excluding hydrogens is 427 g/mol. The van der Waals surface area contributed by atoms with Crippen molar-refractivity contribution in [1.29, 1.82) is 0 Å². The molecule has 0 radical (unpaired) electrons. The summed E-state index contributed by atoms with van der Waals surface area (Å²) in [6.45, 7) is 0. The Morgan fingerprint density at radius 1 is 0.788 bits per heavy atom. The van der Waals surface area contributed by atoms with E-state index in [9.17, 15) is 14.0 Å². The van der Waals surface area contributed by atoms with E-state index in [0.717, 1.165) is 4.90 Å². The summed E-state index contributed by atoms with van der Waals surface area (Å²) in [5, 5.41) is 3.05. The summed E-state index contributed by atoms with van der Waals surface area (Å²) < 4.78 is 29.5. The first kappa shape index (κ1) is 21.9. The van der Waals surface area contributed by atoms with Crippen LogP contribution in [-0.2, 0) is 9.59 Å². The Kier molecular flexibility index (Phi) is 5.99. The van der Waals surface area contributed by atoms with Crippen LogP contribution in [0.25, 0.3) is 5.57 Å². The van der Waals surface area contributed by atoms with Crippen molar-refractivity contribution in [2.45, 2.75) is 0 Å². The zero-order valence-electron chi connectivity index (χ0n) is 18.2. The van der Waals surface area contributed by atoms with E-state index in [1.54, 1.807) is 42.5 Å². The SMILES string of the molecule is COc1cccc(NC2=C(c3ccc(F)cc3)C(=O)N(c3cc(OC)ccc3OC)C2=O)c1. The number of amides is 2. The van der Waals surface area contributed by atoms with E-state index < -0.39 is 17.6 Å². The molecule has 1 heterocycles. The Morgan fingerprint density at radius 2 is 1.48 bits per heavy atom. The first-order valence-corrected chi connectivity index (χ1v) is 9.99. The Balaban J connectivity index is 1.85. The number of carbonyl (C=O) groups excluding carboxylic acids is 2. The molecule has 0 saturated carbocycles. The van der Waals surface area contributed by atoms with E-state index in [4.69, 9.17) is 14.2 Å². The molecule has 1 N–H and O–H groups in total. The van der Waals surface area contributed by atoms with Crippen molar-refractivity contribution in [3.8, 4) is 17.2 Å². The molecule has 0 aliphatic carbocycles. The lowest BCUT2D eigenvalue weighted by atomic mass is 10.0. The molecule has 0 spiro atoms. The number of ether oxygens (including phenoxy) is 3. The van der Waals surface area contributed by atoms with Crippen molar-refractivity contribution in [3.63, 3.8) is 0 Å². The summed E-state index contributed by atoms with van der Waals surface area (Å²) in [4.78, 5) is 28.2. The molecule has 33 heavy (non-hydrogen) atoms. The number of rotatable bonds is 7. The van der Waals surface area contributed by atoms with Gasteiger partial charge in [-0.2, -0.15) is 0 Å². The van der Waals surface area contributed by atoms with Gasteiger partial charge < -0.3 is 19.5 Å². The van der Waals surface area contributed by atoms with Crippen LogP contribution in [0.3, 0.4) is 0 Å². The van der Waals surface area contributed by atoms with Crippen molar-refractivity contribution in [2.24, 2.45) is 0 Å². The Morgan fingerprint density at radius 3 is 2.15 bits per heavy atom. The van der Waals surface area contributed by atoms with Crippen LogP contribution >= 0.6 is 0 Å². The standard InChI is InChI=1S/C25H21FN2O5/c1-31-18-6-4-5-17(13-18)27-23-22(15-7-9-16(26)10-8-15)24(29)28(25(23)30)20-14-19(32-2)11-12-21(20)33-3/h4-14,27H,1-3H3. The maximum absolute atomic E-state index is 13.6. The number of anilines is 2. The summed E-state index contributed by atoms with van der Waals surface area (Å²) >= 11 is 0. The lowest BCUT2D eigenvalue weighted by Gasteiger charge is -2.19. The molecule has 0 bridgehead atoms. The predicted octanol–water partition coefficient (Wildman–Crippen LogP) is 4.25. The summed E-state index contributed by atoms with van der Waals surface area (Å²) in [6, 6.07) is 17.1. The molecule has 7 nitrogen and oxygen atoms in total. The van der Waals surface area contributed by atoms with Gasteiger partial charge in [-0.25, -0.2) is 9.29 Å². The van der Waals surface area contributed by atoms with Gasteiger partial charge >= 0.3 is 0 Å². The minimum absolute atomic E-state index is 0.0461. The molecular formula is C25H21FN2O5. The monoisotopic (exact) mass is 448 g/mol. The molecule has 0 saturated heterocycles. The molecule has 4 rings (SSSR count). The molecule has 0 aromatic heterocycles. The smallest absolute Gasteiger partial charge is 0.282 e. The number of nitrogens with zero attached hydrogens (tertiary/aromatic N) is 1. The zero-order chi connectivity index (χ0) is 23.5. The maximum Gasteiger partial charge on any atom is 0.282 e. The third-order valence-electron chi connectivity index (χ3n) is 5.18. The van der Waals surface area contributed by atoms with Crippen LogP contribution in [0, 0.1) is 5.82 Å². The fraction of sp³-hybridized carbons (Fsp3) is 0.120. The van der Waals surface area contributed by atoms with Crippen molar-refractivity contribution >= 4 is 28.8 Å². The highest BCUT2D eigenvalue weighted by atomic mass is 19.1. The Hall–Kier alpha value is -4.33. The van der Waals surface area contributed by atoms with Crippen molar-refractivity contribution in [1.82, 2.24) is 0 Å². The highest BCUT2D eigenvalue weighted by molar-refractivity contribution is 6.46. The lowest BCUT2D eigenvalue weighted by molar-refractivity contribution is -0.120. The van der Waals surface area contributed by atoms with E-state index >= 15 is 0 Å². The molecule has 3 aromatic carbocycles. The number of benzene rings is 3. The van der Waals surface area contributed by atoms with Crippen LogP contribution in [0.4, 0.5) is 15.8 Å². The lowest BCUT2D eigenvalue weighted by Crippen LogP contribution is -2.32. The van der Waals surface area contributed by atoms with Gasteiger partial charge in [-0.15, -0.1) is 0 Å². The van der Waals surface area contributed by atoms with Gasteiger partial charge in [-0.05, 0) is 42.0 Å². The first-order valence-electron chi connectivity index (χ1n) is 9.99. The fourth-order valence-corrected chi connectivity index (χ4v) is 3.57. The average Bonchev–Trinajstić information content (AvgIpc) is 3.08. The van der Waals surface area contributed by atoms with Crippen LogP contribution in [0.2, 0.25) is 0 Å². The van der Waals surface area contributed by atoms with E-state index in [2.05, 4.69) is 5.32 Å². The molecule has 168 valence electrons. The molecule has 1 aliphatic rings. The third-order valence-corrected chi connectivity index (χ3v) is 5.18. The second kappa shape index (κ2) is 9.04. The van der Waals surface area contributed by atoms with Gasteiger partial charge in [0.2, 0.25) is 0 Å². The van der Waals surface area contributed by atoms with Gasteiger partial charge in [0.25, 0.3) is 11.8 Å².